The number of hydrogen-bond donors (Lipinski definition) is 0. The fraction of sp³-hybridized carbons (Fsp3) is 0.200. The minimum absolute atomic E-state index is 0.340. The van der Waals surface area contributed by atoms with Gasteiger partial charge >= 0.3 is 81.1 Å². The molecule has 70 valence electrons. The van der Waals surface area contributed by atoms with Gasteiger partial charge in [0.05, 0.1) is 0 Å². The maximum absolute atomic E-state index is 11.5. The second kappa shape index (κ2) is 3.66. The van der Waals surface area contributed by atoms with E-state index in [2.05, 4.69) is 0 Å². The predicted molar refractivity (Wildman–Crippen MR) is 53.5 cm³/mol. The summed E-state index contributed by atoms with van der Waals surface area (Å²) >= 11 is 0. The van der Waals surface area contributed by atoms with Gasteiger partial charge in [0.15, 0.2) is 0 Å². The first kappa shape index (κ1) is 9.00. The van der Waals surface area contributed by atoms with Crippen LogP contribution in [-0.2, 0) is 4.74 Å². The van der Waals surface area contributed by atoms with Crippen LogP contribution in [0.4, 0.5) is 0 Å². The van der Waals surface area contributed by atoms with E-state index < -0.39 is 0 Å². The summed E-state index contributed by atoms with van der Waals surface area (Å²) in [5.74, 6) is -0.340. The molecular weight excluding hydrogens is 179 g/mol. The third-order valence-electron chi connectivity index (χ3n) is 1.97. The molecule has 0 atom stereocenters. The monoisotopic (exact) mass is 188 g/mol. The van der Waals surface area contributed by atoms with Crippen LogP contribution >= 0.6 is 0 Å². The van der Waals surface area contributed by atoms with E-state index in [1.165, 1.54) is 0 Å². The fourth-order valence-corrected chi connectivity index (χ4v) is 1.36. The molecule has 0 amide bonds. The number of rotatable bonds is 2. The predicted octanol–water partition coefficient (Wildman–Crippen LogP) is 1.95. The van der Waals surface area contributed by atoms with Crippen molar-refractivity contribution in [2.24, 2.45) is 0 Å². The normalized spacial score (nSPS) is 10.1. The summed E-state index contributed by atoms with van der Waals surface area (Å²) in [6.45, 7) is 3.97. The third-order valence-corrected chi connectivity index (χ3v) is 1.97. The van der Waals surface area contributed by atoms with Crippen LogP contribution in [0.3, 0.4) is 0 Å². The van der Waals surface area contributed by atoms with Crippen LogP contribution in [0.25, 0.3) is 10.9 Å². The Morgan fingerprint density at radius 3 is 3.21 bits per heavy atom. The number of para-hydroxylation sites is 1. The van der Waals surface area contributed by atoms with Crippen LogP contribution in [0, 0.1) is 0 Å². The molecule has 1 aromatic heterocycles. The first-order chi connectivity index (χ1) is 6.83. The second-order valence-electron chi connectivity index (χ2n) is 2.86. The molecule has 0 fully saturated rings. The van der Waals surface area contributed by atoms with Crippen LogP contribution in [0.15, 0.2) is 28.8 Å². The Labute approximate surface area is 81.9 Å². The molecule has 2 rings (SSSR count). The van der Waals surface area contributed by atoms with Crippen LogP contribution in [0.5, 0.6) is 0 Å². The SMILES string of the molecule is CCOC(=O)c1cccc2bcoc12. The molecule has 0 spiro atoms. The molecule has 0 saturated carbocycles. The molecule has 0 aliphatic rings. The molecule has 4 heteroatoms. The quantitative estimate of drug-likeness (QED) is 0.676. The minimum atomic E-state index is -0.340. The summed E-state index contributed by atoms with van der Waals surface area (Å²) < 4.78 is 10.1. The number of esters is 1. The van der Waals surface area contributed by atoms with E-state index in [4.69, 9.17) is 9.15 Å². The Morgan fingerprint density at radius 1 is 1.57 bits per heavy atom. The van der Waals surface area contributed by atoms with Gasteiger partial charge in [0.2, 0.25) is 0 Å². The Hall–Kier alpha value is -1.58. The van der Waals surface area contributed by atoms with Gasteiger partial charge in [-0.2, -0.15) is 0 Å². The van der Waals surface area contributed by atoms with E-state index in [0.29, 0.717) is 17.8 Å². The summed E-state index contributed by atoms with van der Waals surface area (Å²) in [6, 6.07) is 5.40. The molecule has 0 aliphatic carbocycles. The van der Waals surface area contributed by atoms with E-state index >= 15 is 0 Å². The number of carbonyl (C=O) groups is 1. The summed E-state index contributed by atoms with van der Waals surface area (Å²) in [4.78, 5) is 11.5. The van der Waals surface area contributed by atoms with Crippen molar-refractivity contribution in [2.45, 2.75) is 6.92 Å². The molecule has 0 bridgehead atoms. The average molecular weight is 188 g/mol. The summed E-state index contributed by atoms with van der Waals surface area (Å²) in [5.41, 5.74) is 1.07. The first-order valence-electron chi connectivity index (χ1n) is 4.46. The van der Waals surface area contributed by atoms with Crippen molar-refractivity contribution in [1.82, 2.24) is 0 Å². The van der Waals surface area contributed by atoms with Gasteiger partial charge in [0, 0.05) is 0 Å². The zero-order valence-corrected chi connectivity index (χ0v) is 7.82. The zero-order chi connectivity index (χ0) is 9.97. The summed E-state index contributed by atoms with van der Waals surface area (Å²) in [7, 11) is 0. The van der Waals surface area contributed by atoms with Crippen molar-refractivity contribution in [3.05, 3.63) is 29.9 Å². The summed E-state index contributed by atoms with van der Waals surface area (Å²) in [6.07, 6.45) is 1.56. The van der Waals surface area contributed by atoms with Gasteiger partial charge in [0.25, 0.3) is 0 Å². The zero-order valence-electron chi connectivity index (χ0n) is 7.82. The van der Waals surface area contributed by atoms with Crippen molar-refractivity contribution >= 4 is 23.7 Å². The molecule has 0 unspecified atom stereocenters. The van der Waals surface area contributed by atoms with Gasteiger partial charge in [0.1, 0.15) is 0 Å². The molecular formula is C10H9BO3. The number of ether oxygens (including phenoxy) is 1. The topological polar surface area (TPSA) is 39.4 Å². The van der Waals surface area contributed by atoms with Gasteiger partial charge < -0.3 is 0 Å². The Balaban J connectivity index is 2.50. The standard InChI is InChI=1S/C10H9BO3/c1-2-13-10(12)7-4-3-5-8-9(7)14-6-11-8/h3-6H,2H2,1H3. The van der Waals surface area contributed by atoms with Crippen molar-refractivity contribution in [2.75, 3.05) is 6.61 Å². The van der Waals surface area contributed by atoms with E-state index in [1.807, 2.05) is 19.0 Å². The molecule has 0 saturated heterocycles. The van der Waals surface area contributed by atoms with Crippen LogP contribution in [0.1, 0.15) is 17.3 Å². The Kier molecular flexibility index (Phi) is 2.35. The summed E-state index contributed by atoms with van der Waals surface area (Å²) in [5, 5.41) is 0.913. The van der Waals surface area contributed by atoms with Gasteiger partial charge in [-0.1, -0.05) is 0 Å². The van der Waals surface area contributed by atoms with E-state index in [-0.39, 0.29) is 5.97 Å². The van der Waals surface area contributed by atoms with Gasteiger partial charge in [-0.05, 0) is 0 Å². The van der Waals surface area contributed by atoms with Crippen molar-refractivity contribution < 1.29 is 13.9 Å². The average Bonchev–Trinajstić information content (AvgIpc) is 2.65. The number of hydrogen-bond acceptors (Lipinski definition) is 3. The van der Waals surface area contributed by atoms with Crippen molar-refractivity contribution in [3.63, 3.8) is 0 Å². The molecule has 3 nitrogen and oxygen atoms in total. The van der Waals surface area contributed by atoms with Crippen LogP contribution < -0.4 is 0 Å². The number of benzene rings is 1. The van der Waals surface area contributed by atoms with Crippen molar-refractivity contribution in [1.29, 1.82) is 0 Å². The molecule has 1 heterocycles. The maximum atomic E-state index is 11.5. The van der Waals surface area contributed by atoms with Crippen LogP contribution in [-0.4, -0.2) is 19.5 Å². The number of carbonyl (C=O) groups excluding carboxylic acids is 1. The third kappa shape index (κ3) is 1.43. The molecule has 1 aromatic carbocycles. The van der Waals surface area contributed by atoms with Crippen LogP contribution in [0.2, 0.25) is 0 Å². The Morgan fingerprint density at radius 2 is 2.43 bits per heavy atom. The van der Waals surface area contributed by atoms with E-state index in [0.717, 1.165) is 5.28 Å². The molecule has 0 N–H and O–H groups in total. The Bertz CT molecular complexity index is 461. The fourth-order valence-electron chi connectivity index (χ4n) is 1.36. The first-order valence-corrected chi connectivity index (χ1v) is 4.46. The molecule has 14 heavy (non-hydrogen) atoms. The number of fused-ring (bicyclic) bond motifs is 1. The van der Waals surface area contributed by atoms with Gasteiger partial charge in [-0.3, -0.25) is 0 Å². The molecule has 2 aromatic rings. The second-order valence-corrected chi connectivity index (χ2v) is 2.86. The molecule has 0 radical (unpaired) electrons. The van der Waals surface area contributed by atoms with E-state index in [1.54, 1.807) is 19.1 Å². The molecule has 0 aliphatic heterocycles. The van der Waals surface area contributed by atoms with Gasteiger partial charge in [-0.15, -0.1) is 0 Å². The van der Waals surface area contributed by atoms with Crippen molar-refractivity contribution in [3.8, 4) is 0 Å². The van der Waals surface area contributed by atoms with Gasteiger partial charge in [-0.25, -0.2) is 0 Å². The van der Waals surface area contributed by atoms with E-state index in [9.17, 15) is 4.79 Å².